The van der Waals surface area contributed by atoms with Gasteiger partial charge in [0.15, 0.2) is 0 Å². The van der Waals surface area contributed by atoms with Gasteiger partial charge in [-0.05, 0) is 54.0 Å². The summed E-state index contributed by atoms with van der Waals surface area (Å²) in [7, 11) is 0. The van der Waals surface area contributed by atoms with Crippen LogP contribution in [0.3, 0.4) is 0 Å². The van der Waals surface area contributed by atoms with E-state index >= 15 is 0 Å². The number of hydrogen-bond donors (Lipinski definition) is 2. The molecule has 5 rings (SSSR count). The van der Waals surface area contributed by atoms with Crippen LogP contribution >= 0.6 is 15.9 Å². The minimum atomic E-state index is -0.201. The van der Waals surface area contributed by atoms with Crippen LogP contribution in [-0.2, 0) is 0 Å². The quantitative estimate of drug-likeness (QED) is 0.359. The summed E-state index contributed by atoms with van der Waals surface area (Å²) in [5, 5.41) is 11.0. The maximum Gasteiger partial charge on any atom is 0.261 e. The van der Waals surface area contributed by atoms with E-state index in [-0.39, 0.29) is 11.9 Å². The van der Waals surface area contributed by atoms with Crippen molar-refractivity contribution in [2.45, 2.75) is 13.0 Å². The van der Waals surface area contributed by atoms with E-state index in [1.54, 1.807) is 6.20 Å². The average Bonchev–Trinajstić information content (AvgIpc) is 3.24. The highest BCUT2D eigenvalue weighted by atomic mass is 79.9. The second-order valence-electron chi connectivity index (χ2n) is 7.74. The van der Waals surface area contributed by atoms with E-state index in [9.17, 15) is 4.79 Å². The number of benzene rings is 3. The summed E-state index contributed by atoms with van der Waals surface area (Å²) in [5.41, 5.74) is 5.40. The highest BCUT2D eigenvalue weighted by molar-refractivity contribution is 9.10. The lowest BCUT2D eigenvalue weighted by Crippen LogP contribution is -2.22. The van der Waals surface area contributed by atoms with Crippen LogP contribution in [-0.4, -0.2) is 15.7 Å². The third kappa shape index (κ3) is 3.97. The number of nitrogens with one attached hydrogen (secondary N) is 2. The number of rotatable bonds is 4. The van der Waals surface area contributed by atoms with Crippen LogP contribution in [0.5, 0.6) is 0 Å². The number of allylic oxidation sites excluding steroid dienone is 1. The standard InChI is InChI=1S/C26H21BrN4O/c1-17-6-5-9-21(14-17)29-26(32)22-16-28-31-24(19-7-3-2-4-8-19)15-23(30-25(22)31)18-10-12-20(27)13-11-18/h2-16,24,30H,1H3,(H,29,32)/t24-/m0/s1. The number of hydrogen-bond acceptors (Lipinski definition) is 3. The minimum absolute atomic E-state index is 0.133. The van der Waals surface area contributed by atoms with Gasteiger partial charge in [0.1, 0.15) is 11.4 Å². The van der Waals surface area contributed by atoms with Crippen LogP contribution in [0.1, 0.15) is 33.1 Å². The van der Waals surface area contributed by atoms with Crippen molar-refractivity contribution in [1.29, 1.82) is 0 Å². The van der Waals surface area contributed by atoms with Crippen LogP contribution in [0.4, 0.5) is 11.5 Å². The fraction of sp³-hybridized carbons (Fsp3) is 0.0769. The summed E-state index contributed by atoms with van der Waals surface area (Å²) in [6.45, 7) is 2.00. The first-order valence-electron chi connectivity index (χ1n) is 10.3. The van der Waals surface area contributed by atoms with E-state index in [1.165, 1.54) is 0 Å². The summed E-state index contributed by atoms with van der Waals surface area (Å²) in [6, 6.07) is 25.9. The SMILES string of the molecule is Cc1cccc(NC(=O)c2cnn3c2NC(c2ccc(Br)cc2)=C[C@H]3c2ccccc2)c1. The molecular formula is C26H21BrN4O. The van der Waals surface area contributed by atoms with Gasteiger partial charge in [-0.3, -0.25) is 4.79 Å². The number of halogens is 1. The highest BCUT2D eigenvalue weighted by Gasteiger charge is 2.27. The Labute approximate surface area is 194 Å². The molecule has 5 nitrogen and oxygen atoms in total. The summed E-state index contributed by atoms with van der Waals surface area (Å²) in [4.78, 5) is 13.2. The van der Waals surface area contributed by atoms with Crippen LogP contribution in [0.2, 0.25) is 0 Å². The van der Waals surface area contributed by atoms with E-state index in [4.69, 9.17) is 0 Å². The molecule has 1 atom stereocenters. The number of aryl methyl sites for hydroxylation is 1. The monoisotopic (exact) mass is 484 g/mol. The summed E-state index contributed by atoms with van der Waals surface area (Å²) in [5.74, 6) is 0.470. The number of carbonyl (C=O) groups is 1. The lowest BCUT2D eigenvalue weighted by Gasteiger charge is -2.26. The van der Waals surface area contributed by atoms with Crippen molar-refractivity contribution in [3.8, 4) is 0 Å². The Bertz CT molecular complexity index is 1310. The maximum absolute atomic E-state index is 13.2. The van der Waals surface area contributed by atoms with Gasteiger partial charge in [0.25, 0.3) is 5.91 Å². The van der Waals surface area contributed by atoms with Gasteiger partial charge in [-0.2, -0.15) is 5.10 Å². The molecule has 0 fully saturated rings. The van der Waals surface area contributed by atoms with E-state index in [1.807, 2.05) is 78.3 Å². The maximum atomic E-state index is 13.2. The Balaban J connectivity index is 1.55. The molecule has 3 aromatic carbocycles. The molecule has 0 aliphatic carbocycles. The first-order valence-corrected chi connectivity index (χ1v) is 11.1. The molecule has 1 aliphatic rings. The average molecular weight is 485 g/mol. The zero-order valence-corrected chi connectivity index (χ0v) is 19.0. The van der Waals surface area contributed by atoms with Crippen molar-refractivity contribution in [3.63, 3.8) is 0 Å². The fourth-order valence-corrected chi connectivity index (χ4v) is 4.13. The molecule has 1 aliphatic heterocycles. The number of carbonyl (C=O) groups excluding carboxylic acids is 1. The van der Waals surface area contributed by atoms with Gasteiger partial charge in [0, 0.05) is 15.9 Å². The minimum Gasteiger partial charge on any atom is -0.339 e. The second kappa shape index (κ2) is 8.48. The number of aromatic nitrogens is 2. The molecule has 0 spiro atoms. The summed E-state index contributed by atoms with van der Waals surface area (Å²) >= 11 is 3.50. The largest absolute Gasteiger partial charge is 0.339 e. The van der Waals surface area contributed by atoms with Gasteiger partial charge in [0.2, 0.25) is 0 Å². The third-order valence-electron chi connectivity index (χ3n) is 5.45. The van der Waals surface area contributed by atoms with Crippen molar-refractivity contribution >= 4 is 39.0 Å². The van der Waals surface area contributed by atoms with Crippen LogP contribution in [0.15, 0.2) is 95.6 Å². The van der Waals surface area contributed by atoms with E-state index in [0.717, 1.165) is 32.5 Å². The van der Waals surface area contributed by atoms with Crippen molar-refractivity contribution in [2.24, 2.45) is 0 Å². The Kier molecular flexibility index (Phi) is 5.37. The van der Waals surface area contributed by atoms with Gasteiger partial charge in [-0.25, -0.2) is 4.68 Å². The number of amides is 1. The summed E-state index contributed by atoms with van der Waals surface area (Å²) in [6.07, 6.45) is 3.77. The normalized spacial score (nSPS) is 14.8. The number of anilines is 2. The molecule has 0 bridgehead atoms. The lowest BCUT2D eigenvalue weighted by atomic mass is 10.0. The molecule has 1 aromatic heterocycles. The van der Waals surface area contributed by atoms with Gasteiger partial charge >= 0.3 is 0 Å². The molecule has 0 saturated heterocycles. The smallest absolute Gasteiger partial charge is 0.261 e. The van der Waals surface area contributed by atoms with Gasteiger partial charge in [-0.15, -0.1) is 0 Å². The first kappa shape index (κ1) is 20.3. The Hall–Kier alpha value is -3.64. The molecule has 6 heteroatoms. The number of fused-ring (bicyclic) bond motifs is 1. The fourth-order valence-electron chi connectivity index (χ4n) is 3.87. The van der Waals surface area contributed by atoms with Crippen LogP contribution in [0, 0.1) is 6.92 Å². The molecule has 2 N–H and O–H groups in total. The van der Waals surface area contributed by atoms with Crippen LogP contribution < -0.4 is 10.6 Å². The molecule has 0 radical (unpaired) electrons. The molecular weight excluding hydrogens is 464 g/mol. The van der Waals surface area contributed by atoms with E-state index in [0.29, 0.717) is 11.4 Å². The predicted molar refractivity (Wildman–Crippen MR) is 132 cm³/mol. The van der Waals surface area contributed by atoms with Gasteiger partial charge in [0.05, 0.1) is 12.2 Å². The van der Waals surface area contributed by atoms with E-state index in [2.05, 4.69) is 49.9 Å². The molecule has 0 unspecified atom stereocenters. The third-order valence-corrected chi connectivity index (χ3v) is 5.98. The zero-order valence-electron chi connectivity index (χ0n) is 17.4. The van der Waals surface area contributed by atoms with Crippen molar-refractivity contribution in [1.82, 2.24) is 9.78 Å². The van der Waals surface area contributed by atoms with E-state index < -0.39 is 0 Å². The Morgan fingerprint density at radius 2 is 1.81 bits per heavy atom. The highest BCUT2D eigenvalue weighted by Crippen LogP contribution is 2.35. The second-order valence-corrected chi connectivity index (χ2v) is 8.66. The Morgan fingerprint density at radius 3 is 2.56 bits per heavy atom. The van der Waals surface area contributed by atoms with Gasteiger partial charge in [-0.1, -0.05) is 70.5 Å². The molecule has 32 heavy (non-hydrogen) atoms. The zero-order chi connectivity index (χ0) is 22.1. The van der Waals surface area contributed by atoms with Crippen LogP contribution in [0.25, 0.3) is 5.70 Å². The van der Waals surface area contributed by atoms with Crippen molar-refractivity contribution in [3.05, 3.63) is 118 Å². The molecule has 4 aromatic rings. The molecule has 1 amide bonds. The predicted octanol–water partition coefficient (Wildman–Crippen LogP) is 6.26. The molecule has 2 heterocycles. The van der Waals surface area contributed by atoms with Gasteiger partial charge < -0.3 is 10.6 Å². The first-order chi connectivity index (χ1) is 15.6. The van der Waals surface area contributed by atoms with Crippen molar-refractivity contribution < 1.29 is 4.79 Å². The lowest BCUT2D eigenvalue weighted by molar-refractivity contribution is 0.102. The van der Waals surface area contributed by atoms with Crippen molar-refractivity contribution in [2.75, 3.05) is 10.6 Å². The molecule has 0 saturated carbocycles. The topological polar surface area (TPSA) is 59.0 Å². The molecule has 158 valence electrons. The number of nitrogens with zero attached hydrogens (tertiary/aromatic N) is 2. The Morgan fingerprint density at radius 1 is 1.03 bits per heavy atom. The summed E-state index contributed by atoms with van der Waals surface area (Å²) < 4.78 is 2.88.